The second-order valence-electron chi connectivity index (χ2n) is 5.25. The van der Waals surface area contributed by atoms with Gasteiger partial charge >= 0.3 is 5.97 Å². The number of anilines is 1. The molecule has 2 aromatic rings. The summed E-state index contributed by atoms with van der Waals surface area (Å²) in [6.07, 6.45) is 4.22. The van der Waals surface area contributed by atoms with Crippen molar-refractivity contribution in [3.63, 3.8) is 0 Å². The molecule has 1 aromatic heterocycles. The molecule has 1 atom stereocenters. The normalized spacial score (nSPS) is 17.3. The average Bonchev–Trinajstić information content (AvgIpc) is 2.88. The number of carbonyl (C=O) groups is 1. The van der Waals surface area contributed by atoms with Gasteiger partial charge < -0.3 is 10.5 Å². The van der Waals surface area contributed by atoms with Crippen molar-refractivity contribution < 1.29 is 9.53 Å². The van der Waals surface area contributed by atoms with Gasteiger partial charge in [-0.05, 0) is 37.3 Å². The van der Waals surface area contributed by atoms with Crippen molar-refractivity contribution in [2.75, 3.05) is 5.73 Å². The molecule has 1 aliphatic carbocycles. The molecule has 1 aromatic carbocycles. The topological polar surface area (TPSA) is 70.1 Å². The standard InChI is InChI=1S/C16H19N3O2/c1-2-19-15(13(17)10-18-19)16(20)21-14-9-5-7-11-6-3-4-8-12(11)14/h3-4,6,8,10,14H,2,5,7,9,17H2,1H3. The van der Waals surface area contributed by atoms with E-state index in [1.165, 1.54) is 11.8 Å². The number of nitrogens with two attached hydrogens (primary N) is 1. The lowest BCUT2D eigenvalue weighted by Crippen LogP contribution is -2.20. The van der Waals surface area contributed by atoms with Gasteiger partial charge in [-0.15, -0.1) is 0 Å². The quantitative estimate of drug-likeness (QED) is 0.880. The first-order valence-electron chi connectivity index (χ1n) is 7.30. The summed E-state index contributed by atoms with van der Waals surface area (Å²) >= 11 is 0. The van der Waals surface area contributed by atoms with Crippen molar-refractivity contribution in [3.05, 3.63) is 47.3 Å². The molecular formula is C16H19N3O2. The Kier molecular flexibility index (Phi) is 3.64. The first-order valence-corrected chi connectivity index (χ1v) is 7.30. The number of nitrogens with zero attached hydrogens (tertiary/aromatic N) is 2. The van der Waals surface area contributed by atoms with Gasteiger partial charge in [0.05, 0.1) is 11.9 Å². The summed E-state index contributed by atoms with van der Waals surface area (Å²) in [6.45, 7) is 2.50. The molecule has 0 aliphatic heterocycles. The minimum Gasteiger partial charge on any atom is -0.453 e. The number of aromatic nitrogens is 2. The molecule has 0 spiro atoms. The van der Waals surface area contributed by atoms with Crippen molar-refractivity contribution in [2.45, 2.75) is 38.8 Å². The Hall–Kier alpha value is -2.30. The lowest BCUT2D eigenvalue weighted by atomic mass is 9.89. The first kappa shape index (κ1) is 13.7. The fourth-order valence-corrected chi connectivity index (χ4v) is 2.88. The number of fused-ring (bicyclic) bond motifs is 1. The van der Waals surface area contributed by atoms with Crippen LogP contribution in [0.3, 0.4) is 0 Å². The molecule has 3 rings (SSSR count). The van der Waals surface area contributed by atoms with Crippen molar-refractivity contribution in [2.24, 2.45) is 0 Å². The van der Waals surface area contributed by atoms with E-state index in [1.54, 1.807) is 4.68 Å². The highest BCUT2D eigenvalue weighted by Gasteiger charge is 2.26. The Morgan fingerprint density at radius 2 is 2.29 bits per heavy atom. The van der Waals surface area contributed by atoms with Crippen LogP contribution < -0.4 is 5.73 Å². The van der Waals surface area contributed by atoms with Crippen LogP contribution in [-0.2, 0) is 17.7 Å². The van der Waals surface area contributed by atoms with Gasteiger partial charge in [-0.3, -0.25) is 4.68 Å². The minimum atomic E-state index is -0.395. The largest absolute Gasteiger partial charge is 0.453 e. The van der Waals surface area contributed by atoms with E-state index < -0.39 is 5.97 Å². The van der Waals surface area contributed by atoms with Crippen molar-refractivity contribution in [3.8, 4) is 0 Å². The molecule has 5 nitrogen and oxygen atoms in total. The fraction of sp³-hybridized carbons (Fsp3) is 0.375. The Morgan fingerprint density at radius 3 is 3.10 bits per heavy atom. The van der Waals surface area contributed by atoms with E-state index in [-0.39, 0.29) is 6.10 Å². The van der Waals surface area contributed by atoms with Gasteiger partial charge in [0.2, 0.25) is 0 Å². The fourth-order valence-electron chi connectivity index (χ4n) is 2.88. The van der Waals surface area contributed by atoms with Gasteiger partial charge in [-0.2, -0.15) is 5.10 Å². The molecule has 1 heterocycles. The van der Waals surface area contributed by atoms with Gasteiger partial charge in [-0.1, -0.05) is 24.3 Å². The zero-order chi connectivity index (χ0) is 14.8. The van der Waals surface area contributed by atoms with E-state index in [9.17, 15) is 4.79 Å². The number of carbonyl (C=O) groups excluding carboxylic acids is 1. The summed E-state index contributed by atoms with van der Waals surface area (Å²) in [5.74, 6) is -0.395. The van der Waals surface area contributed by atoms with Crippen molar-refractivity contribution in [1.82, 2.24) is 9.78 Å². The summed E-state index contributed by atoms with van der Waals surface area (Å²) in [4.78, 5) is 12.4. The summed E-state index contributed by atoms with van der Waals surface area (Å²) < 4.78 is 7.28. The maximum atomic E-state index is 12.4. The van der Waals surface area contributed by atoms with Crippen LogP contribution in [0.25, 0.3) is 0 Å². The molecule has 1 aliphatic rings. The number of benzene rings is 1. The third-order valence-electron chi connectivity index (χ3n) is 3.92. The van der Waals surface area contributed by atoms with E-state index in [1.807, 2.05) is 25.1 Å². The lowest BCUT2D eigenvalue weighted by Gasteiger charge is -2.25. The predicted molar refractivity (Wildman–Crippen MR) is 79.8 cm³/mol. The second kappa shape index (κ2) is 5.60. The third kappa shape index (κ3) is 2.51. The Balaban J connectivity index is 1.84. The number of esters is 1. The SMILES string of the molecule is CCn1ncc(N)c1C(=O)OC1CCCc2ccccc21. The van der Waals surface area contributed by atoms with Gasteiger partial charge in [0, 0.05) is 6.54 Å². The molecule has 1 unspecified atom stereocenters. The molecular weight excluding hydrogens is 266 g/mol. The van der Waals surface area contributed by atoms with Gasteiger partial charge in [0.25, 0.3) is 0 Å². The monoisotopic (exact) mass is 285 g/mol. The van der Waals surface area contributed by atoms with Crippen LogP contribution in [0.5, 0.6) is 0 Å². The molecule has 2 N–H and O–H groups in total. The van der Waals surface area contributed by atoms with Crippen LogP contribution in [0, 0.1) is 0 Å². The van der Waals surface area contributed by atoms with Crippen LogP contribution in [0.15, 0.2) is 30.5 Å². The number of hydrogen-bond donors (Lipinski definition) is 1. The molecule has 0 saturated heterocycles. The molecule has 21 heavy (non-hydrogen) atoms. The number of aryl methyl sites for hydroxylation is 2. The van der Waals surface area contributed by atoms with Crippen LogP contribution in [0.4, 0.5) is 5.69 Å². The van der Waals surface area contributed by atoms with Crippen LogP contribution in [0.1, 0.15) is 47.5 Å². The van der Waals surface area contributed by atoms with E-state index >= 15 is 0 Å². The molecule has 0 saturated carbocycles. The predicted octanol–water partition coefficient (Wildman–Crippen LogP) is 2.72. The molecule has 110 valence electrons. The third-order valence-corrected chi connectivity index (χ3v) is 3.92. The van der Waals surface area contributed by atoms with Crippen LogP contribution in [0.2, 0.25) is 0 Å². The highest BCUT2D eigenvalue weighted by molar-refractivity contribution is 5.93. The molecule has 0 bridgehead atoms. The smallest absolute Gasteiger partial charge is 0.359 e. The Bertz CT molecular complexity index is 663. The minimum absolute atomic E-state index is 0.193. The number of rotatable bonds is 3. The summed E-state index contributed by atoms with van der Waals surface area (Å²) in [5.41, 5.74) is 8.92. The lowest BCUT2D eigenvalue weighted by molar-refractivity contribution is 0.0244. The van der Waals surface area contributed by atoms with Crippen LogP contribution in [-0.4, -0.2) is 15.7 Å². The first-order chi connectivity index (χ1) is 10.2. The molecule has 0 amide bonds. The van der Waals surface area contributed by atoms with Crippen molar-refractivity contribution in [1.29, 1.82) is 0 Å². The van der Waals surface area contributed by atoms with E-state index in [2.05, 4.69) is 11.2 Å². The zero-order valence-electron chi connectivity index (χ0n) is 12.1. The van der Waals surface area contributed by atoms with Gasteiger partial charge in [-0.25, -0.2) is 4.79 Å². The highest BCUT2D eigenvalue weighted by Crippen LogP contribution is 2.33. The van der Waals surface area contributed by atoms with E-state index in [0.717, 1.165) is 24.8 Å². The maximum Gasteiger partial charge on any atom is 0.359 e. The molecule has 5 heteroatoms. The van der Waals surface area contributed by atoms with Crippen molar-refractivity contribution >= 4 is 11.7 Å². The molecule has 0 radical (unpaired) electrons. The van der Waals surface area contributed by atoms with Gasteiger partial charge in [0.15, 0.2) is 5.69 Å². The second-order valence-corrected chi connectivity index (χ2v) is 5.25. The highest BCUT2D eigenvalue weighted by atomic mass is 16.5. The Labute approximate surface area is 123 Å². The van der Waals surface area contributed by atoms with Crippen LogP contribution >= 0.6 is 0 Å². The maximum absolute atomic E-state index is 12.4. The van der Waals surface area contributed by atoms with E-state index in [0.29, 0.717) is 17.9 Å². The number of nitrogen functional groups attached to an aromatic ring is 1. The number of hydrogen-bond acceptors (Lipinski definition) is 4. The Morgan fingerprint density at radius 1 is 1.48 bits per heavy atom. The zero-order valence-corrected chi connectivity index (χ0v) is 12.1. The average molecular weight is 285 g/mol. The number of ether oxygens (including phenoxy) is 1. The molecule has 0 fully saturated rings. The van der Waals surface area contributed by atoms with E-state index in [4.69, 9.17) is 10.5 Å². The van der Waals surface area contributed by atoms with Gasteiger partial charge in [0.1, 0.15) is 6.10 Å². The summed E-state index contributed by atoms with van der Waals surface area (Å²) in [6, 6.07) is 8.13. The summed E-state index contributed by atoms with van der Waals surface area (Å²) in [7, 11) is 0. The summed E-state index contributed by atoms with van der Waals surface area (Å²) in [5, 5.41) is 4.08.